The van der Waals surface area contributed by atoms with Gasteiger partial charge in [-0.2, -0.15) is 0 Å². The van der Waals surface area contributed by atoms with Gasteiger partial charge in [0.05, 0.1) is 19.8 Å². The van der Waals surface area contributed by atoms with Gasteiger partial charge in [-0.05, 0) is 44.0 Å². The highest BCUT2D eigenvalue weighted by Gasteiger charge is 2.31. The molecule has 1 aliphatic rings. The molecular weight excluding hydrogens is 330 g/mol. The molecule has 1 heterocycles. The molecule has 1 unspecified atom stereocenters. The van der Waals surface area contributed by atoms with Crippen LogP contribution in [0, 0.1) is 0 Å². The van der Waals surface area contributed by atoms with Gasteiger partial charge in [-0.1, -0.05) is 11.9 Å². The molecule has 0 saturated carbocycles. The van der Waals surface area contributed by atoms with E-state index in [0.717, 1.165) is 24.3 Å². The van der Waals surface area contributed by atoms with Gasteiger partial charge in [0, 0.05) is 5.75 Å². The first kappa shape index (κ1) is 18.6. The van der Waals surface area contributed by atoms with Gasteiger partial charge in [-0.15, -0.1) is 0 Å². The minimum atomic E-state index is -0.464. The second-order valence-corrected chi connectivity index (χ2v) is 6.44. The van der Waals surface area contributed by atoms with Crippen molar-refractivity contribution < 1.29 is 23.8 Å². The quantitative estimate of drug-likeness (QED) is 0.404. The van der Waals surface area contributed by atoms with Crippen molar-refractivity contribution in [3.63, 3.8) is 0 Å². The molecule has 1 aromatic carbocycles. The maximum Gasteiger partial charge on any atom is 0.313 e. The number of carbonyl (C=O) groups excluding carboxylic acids is 2. The lowest BCUT2D eigenvalue weighted by atomic mass is 10.0. The van der Waals surface area contributed by atoms with Crippen molar-refractivity contribution in [1.82, 2.24) is 4.31 Å². The fourth-order valence-electron chi connectivity index (χ4n) is 2.42. The average molecular weight is 353 g/mol. The van der Waals surface area contributed by atoms with Crippen molar-refractivity contribution in [2.24, 2.45) is 0 Å². The van der Waals surface area contributed by atoms with Crippen molar-refractivity contribution in [1.29, 1.82) is 0 Å². The number of benzene rings is 1. The Labute approximate surface area is 146 Å². The number of Topliss-reactive ketones (excluding diaryl/α,β-unsaturated/α-hetero) is 1. The molecule has 1 fully saturated rings. The first-order valence-corrected chi connectivity index (χ1v) is 8.93. The normalized spacial score (nSPS) is 18.0. The SMILES string of the molecule is CCOC(=O)CC(=O)C1CCCSN1COc1ccc(OC)cc1. The fraction of sp³-hybridized carbons (Fsp3) is 0.529. The molecular formula is C17H23NO5S. The molecule has 0 radical (unpaired) electrons. The zero-order chi connectivity index (χ0) is 17.4. The number of ether oxygens (including phenoxy) is 3. The molecule has 132 valence electrons. The van der Waals surface area contributed by atoms with Gasteiger partial charge in [-0.3, -0.25) is 9.59 Å². The second-order valence-electron chi connectivity index (χ2n) is 5.31. The third-order valence-corrected chi connectivity index (χ3v) is 4.80. The van der Waals surface area contributed by atoms with E-state index in [9.17, 15) is 9.59 Å². The lowest BCUT2D eigenvalue weighted by Gasteiger charge is -2.32. The molecule has 0 aliphatic carbocycles. The molecule has 1 aliphatic heterocycles. The average Bonchev–Trinajstić information content (AvgIpc) is 2.60. The van der Waals surface area contributed by atoms with Crippen LogP contribution in [0.15, 0.2) is 24.3 Å². The highest BCUT2D eigenvalue weighted by atomic mass is 32.2. The van der Waals surface area contributed by atoms with Crippen LogP contribution in [0.3, 0.4) is 0 Å². The van der Waals surface area contributed by atoms with E-state index in [4.69, 9.17) is 14.2 Å². The summed E-state index contributed by atoms with van der Waals surface area (Å²) in [7, 11) is 1.61. The van der Waals surface area contributed by atoms with Crippen LogP contribution in [0.5, 0.6) is 11.5 Å². The standard InChI is InChI=1S/C17H23NO5S/c1-3-22-17(20)11-16(19)15-5-4-10-24-18(15)12-23-14-8-6-13(21-2)7-9-14/h6-9,15H,3-5,10-12H2,1-2H3. The minimum Gasteiger partial charge on any atom is -0.497 e. The van der Waals surface area contributed by atoms with E-state index in [2.05, 4.69) is 0 Å². The summed E-state index contributed by atoms with van der Waals surface area (Å²) in [6.45, 7) is 2.31. The van der Waals surface area contributed by atoms with Crippen molar-refractivity contribution in [3.05, 3.63) is 24.3 Å². The molecule has 2 rings (SSSR count). The van der Waals surface area contributed by atoms with Crippen molar-refractivity contribution >= 4 is 23.7 Å². The summed E-state index contributed by atoms with van der Waals surface area (Å²) in [5.41, 5.74) is 0. The van der Waals surface area contributed by atoms with Crippen LogP contribution >= 0.6 is 11.9 Å². The van der Waals surface area contributed by atoms with E-state index in [1.54, 1.807) is 26.0 Å². The summed E-state index contributed by atoms with van der Waals surface area (Å²) in [6.07, 6.45) is 1.50. The van der Waals surface area contributed by atoms with Gasteiger partial charge in [0.1, 0.15) is 17.9 Å². The Morgan fingerprint density at radius 3 is 2.62 bits per heavy atom. The van der Waals surface area contributed by atoms with E-state index in [0.29, 0.717) is 5.75 Å². The van der Waals surface area contributed by atoms with Crippen molar-refractivity contribution in [2.45, 2.75) is 32.2 Å². The van der Waals surface area contributed by atoms with E-state index in [-0.39, 0.29) is 31.6 Å². The summed E-state index contributed by atoms with van der Waals surface area (Å²) in [5, 5.41) is 0. The summed E-state index contributed by atoms with van der Waals surface area (Å²) in [5.74, 6) is 1.83. The number of methoxy groups -OCH3 is 1. The first-order chi connectivity index (χ1) is 11.6. The highest BCUT2D eigenvalue weighted by molar-refractivity contribution is 7.97. The number of nitrogens with zero attached hydrogens (tertiary/aromatic N) is 1. The van der Waals surface area contributed by atoms with Crippen LogP contribution in [0.2, 0.25) is 0 Å². The van der Waals surface area contributed by atoms with Gasteiger partial charge in [0.15, 0.2) is 12.5 Å². The van der Waals surface area contributed by atoms with Gasteiger partial charge in [0.25, 0.3) is 0 Å². The Hall–Kier alpha value is -1.73. The smallest absolute Gasteiger partial charge is 0.313 e. The summed E-state index contributed by atoms with van der Waals surface area (Å²) >= 11 is 1.58. The Morgan fingerprint density at radius 1 is 1.25 bits per heavy atom. The summed E-state index contributed by atoms with van der Waals surface area (Å²) in [6, 6.07) is 6.97. The number of hydrogen-bond acceptors (Lipinski definition) is 7. The Balaban J connectivity index is 1.90. The molecule has 1 aromatic rings. The molecule has 0 amide bonds. The Bertz CT molecular complexity index is 548. The number of rotatable bonds is 8. The Kier molecular flexibility index (Phi) is 7.39. The van der Waals surface area contributed by atoms with Crippen molar-refractivity contribution in [2.75, 3.05) is 26.2 Å². The number of esters is 1. The van der Waals surface area contributed by atoms with Crippen LogP contribution in [0.4, 0.5) is 0 Å². The number of carbonyl (C=O) groups is 2. The maximum absolute atomic E-state index is 12.4. The van der Waals surface area contributed by atoms with E-state index < -0.39 is 5.97 Å². The number of ketones is 1. The minimum absolute atomic E-state index is 0.112. The molecule has 0 bridgehead atoms. The highest BCUT2D eigenvalue weighted by Crippen LogP contribution is 2.27. The lowest BCUT2D eigenvalue weighted by Crippen LogP contribution is -2.42. The van der Waals surface area contributed by atoms with E-state index in [1.165, 1.54) is 0 Å². The van der Waals surface area contributed by atoms with Crippen LogP contribution in [0.1, 0.15) is 26.2 Å². The second kappa shape index (κ2) is 9.54. The summed E-state index contributed by atoms with van der Waals surface area (Å²) < 4.78 is 17.6. The van der Waals surface area contributed by atoms with Crippen molar-refractivity contribution in [3.8, 4) is 11.5 Å². The third-order valence-electron chi connectivity index (χ3n) is 3.64. The van der Waals surface area contributed by atoms with E-state index >= 15 is 0 Å². The lowest BCUT2D eigenvalue weighted by molar-refractivity contribution is -0.146. The summed E-state index contributed by atoms with van der Waals surface area (Å²) in [4.78, 5) is 23.9. The van der Waals surface area contributed by atoms with Crippen LogP contribution in [0.25, 0.3) is 0 Å². The largest absolute Gasteiger partial charge is 0.497 e. The molecule has 0 aromatic heterocycles. The predicted molar refractivity (Wildman–Crippen MR) is 92.1 cm³/mol. The molecule has 6 nitrogen and oxygen atoms in total. The monoisotopic (exact) mass is 353 g/mol. The van der Waals surface area contributed by atoms with E-state index in [1.807, 2.05) is 28.6 Å². The van der Waals surface area contributed by atoms with Crippen LogP contribution in [-0.4, -0.2) is 48.3 Å². The molecule has 0 spiro atoms. The zero-order valence-corrected chi connectivity index (χ0v) is 14.8. The van der Waals surface area contributed by atoms with Gasteiger partial charge >= 0.3 is 5.97 Å². The predicted octanol–water partition coefficient (Wildman–Crippen LogP) is 2.67. The third kappa shape index (κ3) is 5.42. The topological polar surface area (TPSA) is 65.1 Å². The van der Waals surface area contributed by atoms with Gasteiger partial charge < -0.3 is 14.2 Å². The molecule has 7 heteroatoms. The fourth-order valence-corrected chi connectivity index (χ4v) is 3.48. The maximum atomic E-state index is 12.4. The first-order valence-electron chi connectivity index (χ1n) is 7.98. The Morgan fingerprint density at radius 2 is 1.96 bits per heavy atom. The van der Waals surface area contributed by atoms with Gasteiger partial charge in [-0.25, -0.2) is 4.31 Å². The molecule has 0 N–H and O–H groups in total. The zero-order valence-electron chi connectivity index (χ0n) is 14.0. The molecule has 1 saturated heterocycles. The van der Waals surface area contributed by atoms with Crippen LogP contribution < -0.4 is 9.47 Å². The van der Waals surface area contributed by atoms with Crippen LogP contribution in [-0.2, 0) is 14.3 Å². The molecule has 24 heavy (non-hydrogen) atoms. The number of hydrogen-bond donors (Lipinski definition) is 0. The molecule has 1 atom stereocenters. The van der Waals surface area contributed by atoms with Gasteiger partial charge in [0.2, 0.25) is 0 Å².